The Labute approximate surface area is 146 Å². The average molecular weight is 334 g/mol. The van der Waals surface area contributed by atoms with Gasteiger partial charge in [0, 0.05) is 18.7 Å². The number of fused-ring (bicyclic) bond motifs is 1. The van der Waals surface area contributed by atoms with E-state index in [9.17, 15) is 4.79 Å². The molecule has 126 valence electrons. The number of nitriles is 1. The number of carbonyl (C=O) groups excluding carboxylic acids is 1. The van der Waals surface area contributed by atoms with Gasteiger partial charge < -0.3 is 14.4 Å². The zero-order chi connectivity index (χ0) is 17.2. The minimum absolute atomic E-state index is 0.00260. The highest BCUT2D eigenvalue weighted by atomic mass is 16.7. The lowest BCUT2D eigenvalue weighted by Crippen LogP contribution is -2.39. The van der Waals surface area contributed by atoms with Gasteiger partial charge in [-0.1, -0.05) is 18.2 Å². The maximum Gasteiger partial charge on any atom is 0.253 e. The molecular formula is C20H18N2O3. The normalized spacial score (nSPS) is 18.7. The zero-order valence-electron chi connectivity index (χ0n) is 13.8. The minimum Gasteiger partial charge on any atom is -0.454 e. The van der Waals surface area contributed by atoms with Gasteiger partial charge in [0.1, 0.15) is 0 Å². The zero-order valence-corrected chi connectivity index (χ0v) is 13.8. The van der Waals surface area contributed by atoms with E-state index in [1.807, 2.05) is 42.5 Å². The first-order chi connectivity index (χ1) is 12.2. The lowest BCUT2D eigenvalue weighted by molar-refractivity contribution is 0.0699. The van der Waals surface area contributed by atoms with E-state index in [2.05, 4.69) is 6.07 Å². The van der Waals surface area contributed by atoms with Gasteiger partial charge >= 0.3 is 0 Å². The molecule has 0 bridgehead atoms. The number of nitrogens with zero attached hydrogens (tertiary/aromatic N) is 2. The second kappa shape index (κ2) is 6.48. The third kappa shape index (κ3) is 3.03. The van der Waals surface area contributed by atoms with Gasteiger partial charge in [0.2, 0.25) is 6.79 Å². The maximum absolute atomic E-state index is 12.6. The highest BCUT2D eigenvalue weighted by Gasteiger charge is 2.24. The largest absolute Gasteiger partial charge is 0.454 e. The molecule has 0 aliphatic carbocycles. The first-order valence-corrected chi connectivity index (χ1v) is 8.43. The first-order valence-electron chi connectivity index (χ1n) is 8.43. The number of likely N-dealkylation sites (tertiary alicyclic amines) is 1. The first kappa shape index (κ1) is 15.5. The molecule has 0 N–H and O–H groups in total. The van der Waals surface area contributed by atoms with Gasteiger partial charge in [-0.2, -0.15) is 5.26 Å². The second-order valence-corrected chi connectivity index (χ2v) is 6.36. The Morgan fingerprint density at radius 1 is 1.08 bits per heavy atom. The molecule has 2 aromatic carbocycles. The molecule has 2 heterocycles. The molecule has 2 aromatic rings. The number of rotatable bonds is 2. The lowest BCUT2D eigenvalue weighted by atomic mass is 9.98. The van der Waals surface area contributed by atoms with E-state index in [4.69, 9.17) is 14.7 Å². The molecule has 0 radical (unpaired) electrons. The van der Waals surface area contributed by atoms with Crippen LogP contribution in [0.2, 0.25) is 0 Å². The third-order valence-corrected chi connectivity index (χ3v) is 4.73. The molecule has 25 heavy (non-hydrogen) atoms. The summed E-state index contributed by atoms with van der Waals surface area (Å²) in [4.78, 5) is 14.4. The summed E-state index contributed by atoms with van der Waals surface area (Å²) in [5.41, 5.74) is 2.69. The van der Waals surface area contributed by atoms with Crippen molar-refractivity contribution in [2.45, 2.75) is 12.8 Å². The average Bonchev–Trinajstić information content (AvgIpc) is 3.15. The molecule has 5 heteroatoms. The highest BCUT2D eigenvalue weighted by Crippen LogP contribution is 2.36. The molecule has 1 fully saturated rings. The van der Waals surface area contributed by atoms with E-state index >= 15 is 0 Å². The van der Waals surface area contributed by atoms with Crippen LogP contribution in [0.3, 0.4) is 0 Å². The van der Waals surface area contributed by atoms with Crippen molar-refractivity contribution in [2.75, 3.05) is 19.9 Å². The monoisotopic (exact) mass is 334 g/mol. The number of hydrogen-bond acceptors (Lipinski definition) is 4. The van der Waals surface area contributed by atoms with Crippen molar-refractivity contribution in [1.82, 2.24) is 4.90 Å². The molecule has 0 spiro atoms. The molecule has 2 aliphatic heterocycles. The molecule has 0 unspecified atom stereocenters. The van der Waals surface area contributed by atoms with Crippen LogP contribution in [0.25, 0.3) is 11.1 Å². The molecule has 1 atom stereocenters. The predicted octanol–water partition coefficient (Wildman–Crippen LogP) is 3.46. The number of ether oxygens (including phenoxy) is 2. The summed E-state index contributed by atoms with van der Waals surface area (Å²) < 4.78 is 10.7. The van der Waals surface area contributed by atoms with Crippen LogP contribution >= 0.6 is 0 Å². The Morgan fingerprint density at radius 3 is 2.64 bits per heavy atom. The molecule has 4 rings (SSSR count). The van der Waals surface area contributed by atoms with Crippen molar-refractivity contribution in [3.8, 4) is 28.7 Å². The van der Waals surface area contributed by atoms with Gasteiger partial charge in [0.25, 0.3) is 5.91 Å². The van der Waals surface area contributed by atoms with Crippen molar-refractivity contribution in [2.24, 2.45) is 5.92 Å². The topological polar surface area (TPSA) is 62.6 Å². The third-order valence-electron chi connectivity index (χ3n) is 4.73. The molecule has 0 aromatic heterocycles. The van der Waals surface area contributed by atoms with Crippen LogP contribution in [-0.4, -0.2) is 30.7 Å². The molecule has 1 saturated heterocycles. The number of piperidine rings is 1. The summed E-state index contributed by atoms with van der Waals surface area (Å²) in [5.74, 6) is 1.45. The van der Waals surface area contributed by atoms with Crippen LogP contribution < -0.4 is 9.47 Å². The molecule has 2 aliphatic rings. The minimum atomic E-state index is -0.0504. The Kier molecular flexibility index (Phi) is 4.02. The van der Waals surface area contributed by atoms with Crippen LogP contribution in [0.15, 0.2) is 42.5 Å². The van der Waals surface area contributed by atoms with Crippen LogP contribution in [0.4, 0.5) is 0 Å². The highest BCUT2D eigenvalue weighted by molar-refractivity contribution is 5.94. The van der Waals surface area contributed by atoms with Crippen molar-refractivity contribution in [1.29, 1.82) is 5.26 Å². The maximum atomic E-state index is 12.6. The van der Waals surface area contributed by atoms with Crippen LogP contribution in [0.1, 0.15) is 23.2 Å². The van der Waals surface area contributed by atoms with Crippen molar-refractivity contribution in [3.63, 3.8) is 0 Å². The van der Waals surface area contributed by atoms with E-state index in [0.29, 0.717) is 12.1 Å². The van der Waals surface area contributed by atoms with E-state index < -0.39 is 0 Å². The van der Waals surface area contributed by atoms with Crippen LogP contribution in [0, 0.1) is 17.2 Å². The van der Waals surface area contributed by atoms with Crippen LogP contribution in [-0.2, 0) is 0 Å². The van der Waals surface area contributed by atoms with E-state index in [1.54, 1.807) is 4.90 Å². The summed E-state index contributed by atoms with van der Waals surface area (Å²) in [5, 5.41) is 9.08. The van der Waals surface area contributed by atoms with Crippen molar-refractivity contribution in [3.05, 3.63) is 48.0 Å². The van der Waals surface area contributed by atoms with Crippen LogP contribution in [0.5, 0.6) is 11.5 Å². The summed E-state index contributed by atoms with van der Waals surface area (Å²) in [7, 11) is 0. The Hall–Kier alpha value is -3.00. The van der Waals surface area contributed by atoms with Gasteiger partial charge in [-0.15, -0.1) is 0 Å². The van der Waals surface area contributed by atoms with Gasteiger partial charge in [0.15, 0.2) is 11.5 Å². The SMILES string of the molecule is N#C[C@H]1CCCN(C(=O)c2ccc(-c3ccc4c(c3)OCO4)cc2)C1. The smallest absolute Gasteiger partial charge is 0.253 e. The quantitative estimate of drug-likeness (QED) is 0.844. The number of carbonyl (C=O) groups is 1. The van der Waals surface area contributed by atoms with Gasteiger partial charge in [-0.05, 0) is 48.2 Å². The standard InChI is InChI=1S/C20H18N2O3/c21-11-14-2-1-9-22(12-14)20(23)16-5-3-15(4-6-16)17-7-8-18-19(10-17)25-13-24-18/h3-8,10,14H,1-2,9,12-13H2/t14-/m1/s1. The fraction of sp³-hybridized carbons (Fsp3) is 0.300. The van der Waals surface area contributed by atoms with Gasteiger partial charge in [-0.3, -0.25) is 4.79 Å². The summed E-state index contributed by atoms with van der Waals surface area (Å²) in [6.45, 7) is 1.51. The van der Waals surface area contributed by atoms with Gasteiger partial charge in [-0.25, -0.2) is 0 Å². The molecule has 0 saturated carbocycles. The molecular weight excluding hydrogens is 316 g/mol. The number of amides is 1. The summed E-state index contributed by atoms with van der Waals surface area (Å²) >= 11 is 0. The summed E-state index contributed by atoms with van der Waals surface area (Å²) in [6, 6.07) is 15.7. The Balaban J connectivity index is 1.52. The molecule has 1 amide bonds. The van der Waals surface area contributed by atoms with E-state index in [0.717, 1.165) is 42.0 Å². The lowest BCUT2D eigenvalue weighted by Gasteiger charge is -2.29. The number of hydrogen-bond donors (Lipinski definition) is 0. The fourth-order valence-corrected chi connectivity index (χ4v) is 3.33. The molecule has 5 nitrogen and oxygen atoms in total. The predicted molar refractivity (Wildman–Crippen MR) is 92.2 cm³/mol. The van der Waals surface area contributed by atoms with Gasteiger partial charge in [0.05, 0.1) is 12.0 Å². The number of benzene rings is 2. The van der Waals surface area contributed by atoms with Crippen molar-refractivity contribution < 1.29 is 14.3 Å². The summed E-state index contributed by atoms with van der Waals surface area (Å²) in [6.07, 6.45) is 1.77. The van der Waals surface area contributed by atoms with E-state index in [-0.39, 0.29) is 18.6 Å². The van der Waals surface area contributed by atoms with Crippen molar-refractivity contribution >= 4 is 5.91 Å². The Morgan fingerprint density at radius 2 is 1.84 bits per heavy atom. The fourth-order valence-electron chi connectivity index (χ4n) is 3.33. The second-order valence-electron chi connectivity index (χ2n) is 6.36. The van der Waals surface area contributed by atoms with E-state index in [1.165, 1.54) is 0 Å². The Bertz CT molecular complexity index is 839.